The van der Waals surface area contributed by atoms with Crippen LogP contribution >= 0.6 is 0 Å². The molecule has 2 aromatic carbocycles. The number of hydrogen-bond donors (Lipinski definition) is 0. The highest BCUT2D eigenvalue weighted by Gasteiger charge is 2.00. The van der Waals surface area contributed by atoms with Crippen LogP contribution in [0.25, 0.3) is 0 Å². The maximum Gasteiger partial charge on any atom is 0.119 e. The smallest absolute Gasteiger partial charge is 0.119 e. The first-order chi connectivity index (χ1) is 23.8. The van der Waals surface area contributed by atoms with Gasteiger partial charge in [0.25, 0.3) is 0 Å². The van der Waals surface area contributed by atoms with Gasteiger partial charge >= 0.3 is 0 Å². The number of nitrogens with zero attached hydrogens (tertiary/aromatic N) is 2. The van der Waals surface area contributed by atoms with Crippen LogP contribution in [0.1, 0.15) is 194 Å². The molecule has 0 fully saturated rings. The molecule has 4 heteroatoms. The van der Waals surface area contributed by atoms with Crippen LogP contribution in [0.4, 0.5) is 11.4 Å². The molecule has 0 aliphatic heterocycles. The Morgan fingerprint density at radius 3 is 0.792 bits per heavy atom. The highest BCUT2D eigenvalue weighted by atomic mass is 16.5. The Labute approximate surface area is 297 Å². The van der Waals surface area contributed by atoms with E-state index in [2.05, 4.69) is 24.1 Å². The lowest BCUT2D eigenvalue weighted by molar-refractivity contribution is 0.304. The van der Waals surface area contributed by atoms with Gasteiger partial charge in [-0.1, -0.05) is 181 Å². The number of rotatable bonds is 34. The van der Waals surface area contributed by atoms with E-state index in [1.165, 1.54) is 167 Å². The fraction of sp³-hybridized carbons (Fsp3) is 0.727. The molecule has 0 amide bonds. The van der Waals surface area contributed by atoms with Crippen LogP contribution in [0.5, 0.6) is 11.5 Å². The molecule has 4 nitrogen and oxygen atoms in total. The Morgan fingerprint density at radius 1 is 0.312 bits per heavy atom. The van der Waals surface area contributed by atoms with Crippen LogP contribution in [0.3, 0.4) is 0 Å². The van der Waals surface area contributed by atoms with Crippen molar-refractivity contribution in [2.75, 3.05) is 13.2 Å². The Balaban J connectivity index is 1.41. The van der Waals surface area contributed by atoms with Crippen molar-refractivity contribution in [3.8, 4) is 11.5 Å². The summed E-state index contributed by atoms with van der Waals surface area (Å²) in [5, 5.41) is 8.80. The molecule has 48 heavy (non-hydrogen) atoms. The predicted octanol–water partition coefficient (Wildman–Crippen LogP) is 15.8. The van der Waals surface area contributed by atoms with E-state index in [-0.39, 0.29) is 0 Å². The van der Waals surface area contributed by atoms with Crippen molar-refractivity contribution in [3.05, 3.63) is 48.5 Å². The second-order valence-corrected chi connectivity index (χ2v) is 14.1. The van der Waals surface area contributed by atoms with Crippen molar-refractivity contribution in [1.29, 1.82) is 0 Å². The fourth-order valence-corrected chi connectivity index (χ4v) is 6.31. The first-order valence-electron chi connectivity index (χ1n) is 20.7. The van der Waals surface area contributed by atoms with Crippen molar-refractivity contribution in [3.63, 3.8) is 0 Å². The van der Waals surface area contributed by atoms with E-state index in [0.717, 1.165) is 48.9 Å². The van der Waals surface area contributed by atoms with Crippen molar-refractivity contribution >= 4 is 11.4 Å². The third-order valence-corrected chi connectivity index (χ3v) is 9.49. The lowest BCUT2D eigenvalue weighted by atomic mass is 10.0. The van der Waals surface area contributed by atoms with Gasteiger partial charge in [0.15, 0.2) is 0 Å². The summed E-state index contributed by atoms with van der Waals surface area (Å²) in [4.78, 5) is 0. The van der Waals surface area contributed by atoms with Gasteiger partial charge < -0.3 is 9.47 Å². The molecule has 0 N–H and O–H groups in total. The minimum atomic E-state index is 0.784. The molecule has 0 aromatic heterocycles. The first kappa shape index (κ1) is 41.8. The van der Waals surface area contributed by atoms with Gasteiger partial charge in [-0.2, -0.15) is 10.2 Å². The third-order valence-electron chi connectivity index (χ3n) is 9.49. The molecule has 0 atom stereocenters. The third kappa shape index (κ3) is 24.7. The topological polar surface area (TPSA) is 43.2 Å². The number of hydrogen-bond acceptors (Lipinski definition) is 4. The molecule has 0 saturated carbocycles. The van der Waals surface area contributed by atoms with E-state index in [0.29, 0.717) is 0 Å². The predicted molar refractivity (Wildman–Crippen MR) is 209 cm³/mol. The van der Waals surface area contributed by atoms with Gasteiger partial charge in [0.05, 0.1) is 24.6 Å². The minimum absolute atomic E-state index is 0.784. The number of benzene rings is 2. The molecule has 0 aliphatic carbocycles. The van der Waals surface area contributed by atoms with Crippen molar-refractivity contribution < 1.29 is 9.47 Å². The number of unbranched alkanes of at least 4 members (excludes halogenated alkanes) is 26. The second-order valence-electron chi connectivity index (χ2n) is 14.1. The minimum Gasteiger partial charge on any atom is -0.494 e. The zero-order valence-corrected chi connectivity index (χ0v) is 31.5. The molecule has 0 aliphatic rings. The molecule has 272 valence electrons. The van der Waals surface area contributed by atoms with Crippen molar-refractivity contribution in [2.45, 2.75) is 194 Å². The molecular formula is C44H74N2O2. The zero-order chi connectivity index (χ0) is 34.0. The van der Waals surface area contributed by atoms with E-state index in [9.17, 15) is 0 Å². The van der Waals surface area contributed by atoms with E-state index >= 15 is 0 Å². The van der Waals surface area contributed by atoms with Crippen LogP contribution in [-0.2, 0) is 0 Å². The van der Waals surface area contributed by atoms with Gasteiger partial charge in [-0.25, -0.2) is 0 Å². The monoisotopic (exact) mass is 663 g/mol. The van der Waals surface area contributed by atoms with Crippen LogP contribution in [-0.4, -0.2) is 13.2 Å². The van der Waals surface area contributed by atoms with Crippen LogP contribution in [0.2, 0.25) is 0 Å². The first-order valence-corrected chi connectivity index (χ1v) is 20.7. The Bertz CT molecular complexity index is 893. The Hall–Kier alpha value is -2.36. The molecule has 0 bridgehead atoms. The average Bonchev–Trinajstić information content (AvgIpc) is 3.11. The van der Waals surface area contributed by atoms with E-state index in [1.54, 1.807) is 0 Å². The Kier molecular flexibility index (Phi) is 27.8. The number of azo groups is 1. The second kappa shape index (κ2) is 31.9. The molecule has 0 saturated heterocycles. The highest BCUT2D eigenvalue weighted by molar-refractivity contribution is 5.44. The van der Waals surface area contributed by atoms with Gasteiger partial charge in [0.2, 0.25) is 0 Å². The SMILES string of the molecule is CCCCCCCCCCCCCCCCOc1ccc(/N=N/c2ccc(OCCCCCCCCCCCCCCCC)cc2)cc1. The zero-order valence-electron chi connectivity index (χ0n) is 31.5. The van der Waals surface area contributed by atoms with Gasteiger partial charge in [0.1, 0.15) is 11.5 Å². The average molecular weight is 663 g/mol. The van der Waals surface area contributed by atoms with Crippen molar-refractivity contribution in [1.82, 2.24) is 0 Å². The summed E-state index contributed by atoms with van der Waals surface area (Å²) in [5.74, 6) is 1.81. The van der Waals surface area contributed by atoms with Crippen LogP contribution in [0.15, 0.2) is 58.8 Å². The number of ether oxygens (including phenoxy) is 2. The fourth-order valence-electron chi connectivity index (χ4n) is 6.31. The summed E-state index contributed by atoms with van der Waals surface area (Å²) >= 11 is 0. The van der Waals surface area contributed by atoms with E-state index in [1.807, 2.05) is 48.5 Å². The molecule has 0 radical (unpaired) electrons. The molecular weight excluding hydrogens is 588 g/mol. The van der Waals surface area contributed by atoms with E-state index < -0.39 is 0 Å². The van der Waals surface area contributed by atoms with Gasteiger partial charge in [-0.05, 0) is 61.4 Å². The van der Waals surface area contributed by atoms with Gasteiger partial charge in [-0.15, -0.1) is 0 Å². The summed E-state index contributed by atoms with van der Waals surface area (Å²) in [6.45, 7) is 6.15. The summed E-state index contributed by atoms with van der Waals surface area (Å²) < 4.78 is 11.9. The summed E-state index contributed by atoms with van der Waals surface area (Å²) in [6, 6.07) is 15.9. The largest absolute Gasteiger partial charge is 0.494 e. The maximum atomic E-state index is 5.95. The molecule has 2 aromatic rings. The Morgan fingerprint density at radius 2 is 0.542 bits per heavy atom. The summed E-state index contributed by atoms with van der Waals surface area (Å²) in [7, 11) is 0. The quantitative estimate of drug-likeness (QED) is 0.0553. The normalized spacial score (nSPS) is 11.5. The highest BCUT2D eigenvalue weighted by Crippen LogP contribution is 2.24. The lowest BCUT2D eigenvalue weighted by Crippen LogP contribution is -1.97. The molecule has 2 rings (SSSR count). The lowest BCUT2D eigenvalue weighted by Gasteiger charge is -2.07. The van der Waals surface area contributed by atoms with Crippen molar-refractivity contribution in [2.24, 2.45) is 10.2 Å². The van der Waals surface area contributed by atoms with Crippen LogP contribution < -0.4 is 9.47 Å². The van der Waals surface area contributed by atoms with E-state index in [4.69, 9.17) is 9.47 Å². The molecule has 0 spiro atoms. The van der Waals surface area contributed by atoms with Gasteiger partial charge in [0, 0.05) is 0 Å². The molecule has 0 unspecified atom stereocenters. The summed E-state index contributed by atoms with van der Waals surface area (Å²) in [6.07, 6.45) is 38.5. The molecule has 0 heterocycles. The van der Waals surface area contributed by atoms with Crippen LogP contribution in [0, 0.1) is 0 Å². The summed E-state index contributed by atoms with van der Waals surface area (Å²) in [5.41, 5.74) is 1.66. The maximum absolute atomic E-state index is 5.95. The van der Waals surface area contributed by atoms with Gasteiger partial charge in [-0.3, -0.25) is 0 Å². The standard InChI is InChI=1S/C44H74N2O2/c1-3-5-7-9-11-13-15-17-19-21-23-25-27-29-39-47-43-35-31-41(32-36-43)45-46-42-33-37-44(38-34-42)48-40-30-28-26-24-22-20-18-16-14-12-10-8-6-4-2/h31-38H,3-30,39-40H2,1-2H3/b46-45+.